The molecule has 7 heteroatoms. The van der Waals surface area contributed by atoms with Gasteiger partial charge in [-0.1, -0.05) is 13.8 Å². The Kier molecular flexibility index (Phi) is 6.23. The monoisotopic (exact) mass is 428 g/mol. The van der Waals surface area contributed by atoms with E-state index >= 15 is 0 Å². The lowest BCUT2D eigenvalue weighted by atomic mass is 9.92. The number of hydrogen-bond donors (Lipinski definition) is 1. The highest BCUT2D eigenvalue weighted by molar-refractivity contribution is 5.99. The number of furan rings is 1. The molecule has 1 aromatic carbocycles. The van der Waals surface area contributed by atoms with Crippen LogP contribution in [0.2, 0.25) is 0 Å². The van der Waals surface area contributed by atoms with E-state index in [1.165, 1.54) is 11.3 Å². The molecule has 2 atom stereocenters. The Hall–Kier alpha value is -2.54. The Morgan fingerprint density at radius 1 is 1.13 bits per heavy atom. The first-order valence-corrected chi connectivity index (χ1v) is 11.3. The predicted octanol–water partition coefficient (Wildman–Crippen LogP) is 1.60. The number of carbonyl (C=O) groups is 2. The molecule has 2 aromatic rings. The number of nitrogens with one attached hydrogen (secondary N) is 1. The van der Waals surface area contributed by atoms with E-state index < -0.39 is 0 Å². The summed E-state index contributed by atoms with van der Waals surface area (Å²) in [5.41, 5.74) is 1.54. The molecule has 0 saturated carbocycles. The molecule has 0 spiro atoms. The first-order chi connectivity index (χ1) is 14.9. The molecule has 2 aliphatic heterocycles. The number of ether oxygens (including phenoxy) is 1. The molecule has 7 nitrogen and oxygen atoms in total. The minimum atomic E-state index is -0.0725. The molecule has 2 amide bonds. The largest absolute Gasteiger partial charge is 0.497 e. The number of quaternary nitrogens is 1. The van der Waals surface area contributed by atoms with Gasteiger partial charge < -0.3 is 23.9 Å². The molecule has 2 aliphatic rings. The quantitative estimate of drug-likeness (QED) is 0.803. The van der Waals surface area contributed by atoms with Gasteiger partial charge in [0.15, 0.2) is 12.3 Å². The lowest BCUT2D eigenvalue weighted by Crippen LogP contribution is -3.15. The number of piperazine rings is 1. The van der Waals surface area contributed by atoms with Gasteiger partial charge in [-0.2, -0.15) is 0 Å². The van der Waals surface area contributed by atoms with E-state index in [9.17, 15) is 9.59 Å². The Balaban J connectivity index is 1.35. The van der Waals surface area contributed by atoms with Crippen LogP contribution in [0.5, 0.6) is 5.75 Å². The molecule has 0 bridgehead atoms. The van der Waals surface area contributed by atoms with Gasteiger partial charge in [0.05, 0.1) is 33.3 Å². The third-order valence-electron chi connectivity index (χ3n) is 6.72. The highest BCUT2D eigenvalue weighted by Gasteiger charge is 2.32. The SMILES string of the molecule is COc1ccc2oc(C(=O)N3CC[NH+](CC(=O)N4C[C@H](C)C[C@H](C)C4)CC3)c(C)c2c1. The first-order valence-electron chi connectivity index (χ1n) is 11.3. The molecule has 31 heavy (non-hydrogen) atoms. The molecule has 0 aliphatic carbocycles. The van der Waals surface area contributed by atoms with Crippen LogP contribution < -0.4 is 9.64 Å². The van der Waals surface area contributed by atoms with Crippen LogP contribution in [0.3, 0.4) is 0 Å². The summed E-state index contributed by atoms with van der Waals surface area (Å²) in [6.07, 6.45) is 1.20. The zero-order valence-corrected chi connectivity index (χ0v) is 19.1. The van der Waals surface area contributed by atoms with E-state index in [0.717, 1.165) is 42.9 Å². The summed E-state index contributed by atoms with van der Waals surface area (Å²) in [6.45, 7) is 11.5. The molecule has 4 rings (SSSR count). The summed E-state index contributed by atoms with van der Waals surface area (Å²) in [5.74, 6) is 2.47. The average molecular weight is 429 g/mol. The van der Waals surface area contributed by atoms with Crippen LogP contribution in [0.15, 0.2) is 22.6 Å². The molecule has 0 unspecified atom stereocenters. The van der Waals surface area contributed by atoms with E-state index in [1.54, 1.807) is 7.11 Å². The minimum absolute atomic E-state index is 0.0725. The van der Waals surface area contributed by atoms with Crippen LogP contribution in [-0.2, 0) is 4.79 Å². The van der Waals surface area contributed by atoms with Crippen molar-refractivity contribution in [1.82, 2.24) is 9.80 Å². The molecule has 3 heterocycles. The maximum Gasteiger partial charge on any atom is 0.290 e. The lowest BCUT2D eigenvalue weighted by molar-refractivity contribution is -0.896. The van der Waals surface area contributed by atoms with Crippen LogP contribution in [0, 0.1) is 18.8 Å². The summed E-state index contributed by atoms with van der Waals surface area (Å²) in [5, 5.41) is 0.905. The number of fused-ring (bicyclic) bond motifs is 1. The standard InChI is InChI=1S/C24H33N3O4/c1-16-11-17(2)14-27(13-16)22(28)15-25-7-9-26(10-8-25)24(29)23-18(3)20-12-19(30-4)5-6-21(20)31-23/h5-6,12,16-17H,7-11,13-15H2,1-4H3/p+1/t16-,17+. The number of piperidine rings is 1. The first kappa shape index (κ1) is 21.7. The van der Waals surface area contributed by atoms with Crippen molar-refractivity contribution in [3.8, 4) is 5.75 Å². The summed E-state index contributed by atoms with van der Waals surface area (Å²) < 4.78 is 11.2. The second-order valence-electron chi connectivity index (χ2n) is 9.38. The Morgan fingerprint density at radius 3 is 2.45 bits per heavy atom. The van der Waals surface area contributed by atoms with Crippen molar-refractivity contribution in [2.24, 2.45) is 11.8 Å². The number of benzene rings is 1. The number of aryl methyl sites for hydroxylation is 1. The van der Waals surface area contributed by atoms with Crippen LogP contribution in [0.4, 0.5) is 0 Å². The number of likely N-dealkylation sites (tertiary alicyclic amines) is 1. The van der Waals surface area contributed by atoms with Crippen LogP contribution >= 0.6 is 0 Å². The lowest BCUT2D eigenvalue weighted by Gasteiger charge is -2.37. The Bertz CT molecular complexity index is 951. The highest BCUT2D eigenvalue weighted by atomic mass is 16.5. The van der Waals surface area contributed by atoms with Crippen molar-refractivity contribution >= 4 is 22.8 Å². The van der Waals surface area contributed by atoms with Crippen molar-refractivity contribution in [2.75, 3.05) is 52.9 Å². The maximum absolute atomic E-state index is 13.1. The number of carbonyl (C=O) groups excluding carboxylic acids is 2. The van der Waals surface area contributed by atoms with Crippen LogP contribution in [0.25, 0.3) is 11.0 Å². The maximum atomic E-state index is 13.1. The van der Waals surface area contributed by atoms with E-state index in [4.69, 9.17) is 9.15 Å². The van der Waals surface area contributed by atoms with Gasteiger partial charge in [-0.3, -0.25) is 9.59 Å². The summed E-state index contributed by atoms with van der Waals surface area (Å²) in [7, 11) is 1.63. The van der Waals surface area contributed by atoms with Gasteiger partial charge in [-0.25, -0.2) is 0 Å². The van der Waals surface area contributed by atoms with Gasteiger partial charge in [0, 0.05) is 24.0 Å². The number of nitrogens with zero attached hydrogens (tertiary/aromatic N) is 2. The third kappa shape index (κ3) is 4.56. The number of rotatable bonds is 4. The number of hydrogen-bond acceptors (Lipinski definition) is 4. The summed E-state index contributed by atoms with van der Waals surface area (Å²) in [6, 6.07) is 5.58. The van der Waals surface area contributed by atoms with Crippen LogP contribution in [-0.4, -0.2) is 74.5 Å². The molecule has 2 fully saturated rings. The van der Waals surface area contributed by atoms with Gasteiger partial charge in [0.25, 0.3) is 11.8 Å². The average Bonchev–Trinajstić information content (AvgIpc) is 3.09. The fraction of sp³-hybridized carbons (Fsp3) is 0.583. The second kappa shape index (κ2) is 8.91. The van der Waals surface area contributed by atoms with Crippen LogP contribution in [0.1, 0.15) is 36.4 Å². The second-order valence-corrected chi connectivity index (χ2v) is 9.38. The molecular formula is C24H34N3O4+. The molecule has 0 radical (unpaired) electrons. The Labute approximate surface area is 183 Å². The zero-order chi connectivity index (χ0) is 22.1. The third-order valence-corrected chi connectivity index (χ3v) is 6.72. The van der Waals surface area contributed by atoms with E-state index in [1.807, 2.05) is 34.9 Å². The number of methoxy groups -OCH3 is 1. The Morgan fingerprint density at radius 2 is 1.81 bits per heavy atom. The van der Waals surface area contributed by atoms with E-state index in [2.05, 4.69) is 13.8 Å². The van der Waals surface area contributed by atoms with Gasteiger partial charge in [-0.05, 0) is 43.4 Å². The fourth-order valence-corrected chi connectivity index (χ4v) is 5.07. The topological polar surface area (TPSA) is 67.4 Å². The molecular weight excluding hydrogens is 394 g/mol. The van der Waals surface area contributed by atoms with Gasteiger partial charge in [-0.15, -0.1) is 0 Å². The minimum Gasteiger partial charge on any atom is -0.497 e. The van der Waals surface area contributed by atoms with Crippen molar-refractivity contribution in [3.63, 3.8) is 0 Å². The van der Waals surface area contributed by atoms with Gasteiger partial charge >= 0.3 is 0 Å². The highest BCUT2D eigenvalue weighted by Crippen LogP contribution is 2.29. The molecule has 1 N–H and O–H groups in total. The zero-order valence-electron chi connectivity index (χ0n) is 19.1. The van der Waals surface area contributed by atoms with E-state index in [0.29, 0.717) is 42.8 Å². The van der Waals surface area contributed by atoms with Crippen molar-refractivity contribution in [2.45, 2.75) is 27.2 Å². The summed E-state index contributed by atoms with van der Waals surface area (Å²) in [4.78, 5) is 31.0. The summed E-state index contributed by atoms with van der Waals surface area (Å²) >= 11 is 0. The van der Waals surface area contributed by atoms with Gasteiger partial charge in [0.2, 0.25) is 0 Å². The normalized spacial score (nSPS) is 22.7. The van der Waals surface area contributed by atoms with Crippen molar-refractivity contribution < 1.29 is 23.6 Å². The molecule has 2 saturated heterocycles. The fourth-order valence-electron chi connectivity index (χ4n) is 5.07. The smallest absolute Gasteiger partial charge is 0.290 e. The van der Waals surface area contributed by atoms with Crippen molar-refractivity contribution in [3.05, 3.63) is 29.5 Å². The number of amides is 2. The van der Waals surface area contributed by atoms with E-state index in [-0.39, 0.29) is 11.8 Å². The van der Waals surface area contributed by atoms with Gasteiger partial charge in [0.1, 0.15) is 11.3 Å². The molecule has 168 valence electrons. The predicted molar refractivity (Wildman–Crippen MR) is 118 cm³/mol. The molecule has 1 aromatic heterocycles. The van der Waals surface area contributed by atoms with Crippen molar-refractivity contribution in [1.29, 1.82) is 0 Å².